The number of nitrogens with one attached hydrogen (secondary N) is 1. The summed E-state index contributed by atoms with van der Waals surface area (Å²) in [7, 11) is 0. The molecule has 5 nitrogen and oxygen atoms in total. The van der Waals surface area contributed by atoms with Gasteiger partial charge < -0.3 is 26.1 Å². The summed E-state index contributed by atoms with van der Waals surface area (Å²) in [5.41, 5.74) is 0. The summed E-state index contributed by atoms with van der Waals surface area (Å²) in [6, 6.07) is 0. The lowest BCUT2D eigenvalue weighted by molar-refractivity contribution is -0.306. The van der Waals surface area contributed by atoms with Gasteiger partial charge in [0.2, 0.25) is 0 Å². The SMILES string of the molecule is CCCCCCCCCCCCNCC(O)(O)O.O. The maximum atomic E-state index is 8.63. The molecule has 6 N–H and O–H groups in total. The zero-order chi connectivity index (χ0) is 13.7. The molecule has 0 amide bonds. The van der Waals surface area contributed by atoms with Crippen molar-refractivity contribution >= 4 is 0 Å². The number of hydrogen-bond acceptors (Lipinski definition) is 4. The van der Waals surface area contributed by atoms with Crippen LogP contribution in [0.1, 0.15) is 71.1 Å². The maximum absolute atomic E-state index is 8.63. The van der Waals surface area contributed by atoms with E-state index in [9.17, 15) is 0 Å². The summed E-state index contributed by atoms with van der Waals surface area (Å²) in [5, 5.41) is 28.7. The Morgan fingerprint density at radius 2 is 1.16 bits per heavy atom. The van der Waals surface area contributed by atoms with Crippen LogP contribution in [0.2, 0.25) is 0 Å². The fraction of sp³-hybridized carbons (Fsp3) is 1.00. The average Bonchev–Trinajstić information content (AvgIpc) is 2.29. The Morgan fingerprint density at radius 1 is 0.737 bits per heavy atom. The molecule has 0 aliphatic heterocycles. The second-order valence-corrected chi connectivity index (χ2v) is 5.13. The third-order valence-electron chi connectivity index (χ3n) is 3.07. The van der Waals surface area contributed by atoms with Crippen LogP contribution in [0, 0.1) is 0 Å². The highest BCUT2D eigenvalue weighted by molar-refractivity contribution is 4.54. The highest BCUT2D eigenvalue weighted by atomic mass is 16.7. The van der Waals surface area contributed by atoms with Gasteiger partial charge in [-0.25, -0.2) is 0 Å². The van der Waals surface area contributed by atoms with Gasteiger partial charge in [0.25, 0.3) is 5.97 Å². The smallest absolute Gasteiger partial charge is 0.288 e. The van der Waals surface area contributed by atoms with Crippen molar-refractivity contribution in [2.24, 2.45) is 0 Å². The summed E-state index contributed by atoms with van der Waals surface area (Å²) < 4.78 is 0. The van der Waals surface area contributed by atoms with Gasteiger partial charge in [-0.15, -0.1) is 0 Å². The topological polar surface area (TPSA) is 104 Å². The summed E-state index contributed by atoms with van der Waals surface area (Å²) in [5.74, 6) is -2.57. The fourth-order valence-electron chi connectivity index (χ4n) is 1.99. The molecule has 0 aromatic rings. The van der Waals surface area contributed by atoms with E-state index in [0.29, 0.717) is 0 Å². The molecule has 0 saturated carbocycles. The van der Waals surface area contributed by atoms with Crippen LogP contribution in [-0.2, 0) is 0 Å². The first-order valence-corrected chi connectivity index (χ1v) is 7.44. The molecule has 0 aliphatic rings. The summed E-state index contributed by atoms with van der Waals surface area (Å²) in [4.78, 5) is 0. The zero-order valence-corrected chi connectivity index (χ0v) is 12.3. The summed E-state index contributed by atoms with van der Waals surface area (Å²) in [6.45, 7) is 2.77. The fourth-order valence-corrected chi connectivity index (χ4v) is 1.99. The Balaban J connectivity index is 0. The Kier molecular flexibility index (Phi) is 15.8. The molecule has 5 heteroatoms. The van der Waals surface area contributed by atoms with Crippen LogP contribution in [-0.4, -0.2) is 39.9 Å². The van der Waals surface area contributed by atoms with Crippen molar-refractivity contribution < 1.29 is 20.8 Å². The molecule has 0 bridgehead atoms. The van der Waals surface area contributed by atoms with Crippen molar-refractivity contribution in [3.63, 3.8) is 0 Å². The molecule has 0 spiro atoms. The van der Waals surface area contributed by atoms with E-state index in [0.717, 1.165) is 19.4 Å². The molecule has 0 aliphatic carbocycles. The van der Waals surface area contributed by atoms with E-state index in [1.54, 1.807) is 0 Å². The van der Waals surface area contributed by atoms with Gasteiger partial charge >= 0.3 is 0 Å². The van der Waals surface area contributed by atoms with Crippen LogP contribution in [0.25, 0.3) is 0 Å². The van der Waals surface area contributed by atoms with Gasteiger partial charge in [0, 0.05) is 0 Å². The van der Waals surface area contributed by atoms with Crippen molar-refractivity contribution in [1.29, 1.82) is 0 Å². The van der Waals surface area contributed by atoms with Crippen LogP contribution < -0.4 is 5.32 Å². The van der Waals surface area contributed by atoms with Crippen LogP contribution in [0.3, 0.4) is 0 Å². The van der Waals surface area contributed by atoms with Crippen LogP contribution in [0.4, 0.5) is 0 Å². The highest BCUT2D eigenvalue weighted by Gasteiger charge is 2.15. The van der Waals surface area contributed by atoms with E-state index in [-0.39, 0.29) is 12.0 Å². The molecule has 0 rings (SSSR count). The van der Waals surface area contributed by atoms with Crippen LogP contribution >= 0.6 is 0 Å². The molecule has 0 heterocycles. The molecule has 0 aromatic carbocycles. The lowest BCUT2D eigenvalue weighted by atomic mass is 10.1. The Hall–Kier alpha value is -0.200. The van der Waals surface area contributed by atoms with E-state index in [4.69, 9.17) is 15.3 Å². The molecule has 0 atom stereocenters. The van der Waals surface area contributed by atoms with E-state index in [1.165, 1.54) is 51.4 Å². The van der Waals surface area contributed by atoms with Gasteiger partial charge in [-0.05, 0) is 13.0 Å². The molecule has 0 radical (unpaired) electrons. The van der Waals surface area contributed by atoms with Crippen molar-refractivity contribution in [3.8, 4) is 0 Å². The molecule has 0 aromatic heterocycles. The van der Waals surface area contributed by atoms with E-state index >= 15 is 0 Å². The Labute approximate surface area is 117 Å². The monoisotopic (exact) mass is 279 g/mol. The first-order chi connectivity index (χ1) is 8.56. The van der Waals surface area contributed by atoms with E-state index in [1.807, 2.05) is 0 Å². The molecule has 0 fully saturated rings. The number of rotatable bonds is 13. The summed E-state index contributed by atoms with van der Waals surface area (Å²) in [6.07, 6.45) is 12.9. The first-order valence-electron chi connectivity index (χ1n) is 7.44. The number of unbranched alkanes of at least 4 members (excludes halogenated alkanes) is 9. The highest BCUT2D eigenvalue weighted by Crippen LogP contribution is 2.10. The minimum atomic E-state index is -2.57. The maximum Gasteiger partial charge on any atom is 0.288 e. The van der Waals surface area contributed by atoms with Gasteiger partial charge in [-0.3, -0.25) is 0 Å². The summed E-state index contributed by atoms with van der Waals surface area (Å²) >= 11 is 0. The lowest BCUT2D eigenvalue weighted by Crippen LogP contribution is -2.40. The predicted octanol–water partition coefficient (Wildman–Crippen LogP) is 1.30. The van der Waals surface area contributed by atoms with E-state index < -0.39 is 5.97 Å². The Bertz CT molecular complexity index is 171. The molecule has 19 heavy (non-hydrogen) atoms. The molecular formula is C14H33NO4. The first kappa shape index (κ1) is 21.1. The minimum absolute atomic E-state index is 0. The van der Waals surface area contributed by atoms with Gasteiger partial charge in [-0.1, -0.05) is 64.7 Å². The minimum Gasteiger partial charge on any atom is -0.412 e. The van der Waals surface area contributed by atoms with Crippen LogP contribution in [0.15, 0.2) is 0 Å². The van der Waals surface area contributed by atoms with Crippen molar-refractivity contribution in [1.82, 2.24) is 5.32 Å². The van der Waals surface area contributed by atoms with Gasteiger partial charge in [0.1, 0.15) is 0 Å². The molecule has 118 valence electrons. The van der Waals surface area contributed by atoms with E-state index in [2.05, 4.69) is 12.2 Å². The van der Waals surface area contributed by atoms with Gasteiger partial charge in [0.05, 0.1) is 6.54 Å². The Morgan fingerprint density at radius 3 is 1.58 bits per heavy atom. The lowest BCUT2D eigenvalue weighted by Gasteiger charge is -2.14. The standard InChI is InChI=1S/C14H31NO3.H2O/c1-2-3-4-5-6-7-8-9-10-11-12-15-13-14(16,17)18;/h15-18H,2-13H2,1H3;1H2. The second kappa shape index (κ2) is 14.2. The van der Waals surface area contributed by atoms with Crippen LogP contribution in [0.5, 0.6) is 0 Å². The molecular weight excluding hydrogens is 246 g/mol. The predicted molar refractivity (Wildman–Crippen MR) is 77.7 cm³/mol. The number of aliphatic hydroxyl groups is 3. The van der Waals surface area contributed by atoms with Crippen molar-refractivity contribution in [2.45, 2.75) is 77.1 Å². The quantitative estimate of drug-likeness (QED) is 0.301. The third kappa shape index (κ3) is 20.3. The largest absolute Gasteiger partial charge is 0.412 e. The van der Waals surface area contributed by atoms with Gasteiger partial charge in [0.15, 0.2) is 0 Å². The average molecular weight is 279 g/mol. The zero-order valence-electron chi connectivity index (χ0n) is 12.3. The third-order valence-corrected chi connectivity index (χ3v) is 3.07. The van der Waals surface area contributed by atoms with Crippen molar-refractivity contribution in [3.05, 3.63) is 0 Å². The second-order valence-electron chi connectivity index (χ2n) is 5.13. The van der Waals surface area contributed by atoms with Crippen molar-refractivity contribution in [2.75, 3.05) is 13.1 Å². The molecule has 0 saturated heterocycles. The number of hydrogen-bond donors (Lipinski definition) is 4. The normalized spacial score (nSPS) is 11.4. The van der Waals surface area contributed by atoms with Gasteiger partial charge in [-0.2, -0.15) is 0 Å². The molecule has 0 unspecified atom stereocenters.